The van der Waals surface area contributed by atoms with Gasteiger partial charge in [0.25, 0.3) is 5.91 Å². The largest absolute Gasteiger partial charge is 0.348 e. The summed E-state index contributed by atoms with van der Waals surface area (Å²) >= 11 is 5.84. The number of carbonyl (C=O) groups excluding carboxylic acids is 1. The Balaban J connectivity index is 0.00000210. The number of aryl methyl sites for hydroxylation is 1. The van der Waals surface area contributed by atoms with Crippen molar-refractivity contribution < 1.29 is 37.5 Å². The van der Waals surface area contributed by atoms with Gasteiger partial charge < -0.3 is 14.7 Å². The number of hydrogen-bond acceptors (Lipinski definition) is 3. The van der Waals surface area contributed by atoms with Crippen LogP contribution in [0.15, 0.2) is 52.2 Å². The van der Waals surface area contributed by atoms with Gasteiger partial charge in [0.05, 0.1) is 5.56 Å². The van der Waals surface area contributed by atoms with Gasteiger partial charge in [0, 0.05) is 57.5 Å². The Morgan fingerprint density at radius 1 is 1.19 bits per heavy atom. The number of nitrogens with one attached hydrogen (secondary N) is 1. The SMILES string of the molecule is Cn1c(=O)n2cc(C(=O)NCc3ccc(Cl)cc3)c(=O)c3c[c-]cc1c32.[Y]. The van der Waals surface area contributed by atoms with Gasteiger partial charge in [-0.05, 0) is 28.7 Å². The zero-order chi connectivity index (χ0) is 18.4. The minimum Gasteiger partial charge on any atom is -0.348 e. The molecule has 1 N–H and O–H groups in total. The summed E-state index contributed by atoms with van der Waals surface area (Å²) in [6.07, 6.45) is 1.30. The van der Waals surface area contributed by atoms with Crippen molar-refractivity contribution in [1.82, 2.24) is 14.3 Å². The molecule has 0 unspecified atom stereocenters. The normalized spacial score (nSPS) is 10.9. The molecule has 1 radical (unpaired) electrons. The van der Waals surface area contributed by atoms with Gasteiger partial charge in [0.2, 0.25) is 0 Å². The van der Waals surface area contributed by atoms with Gasteiger partial charge in [-0.15, -0.1) is 0 Å². The number of aromatic nitrogens is 2. The smallest absolute Gasteiger partial charge is 0.320 e. The first-order valence-electron chi connectivity index (χ1n) is 7.87. The summed E-state index contributed by atoms with van der Waals surface area (Å²) in [6, 6.07) is 13.0. The number of nitrogens with zero attached hydrogens (tertiary/aromatic N) is 2. The molecule has 0 spiro atoms. The van der Waals surface area contributed by atoms with E-state index < -0.39 is 11.3 Å². The second-order valence-electron chi connectivity index (χ2n) is 6.00. The molecule has 8 heteroatoms. The predicted molar refractivity (Wildman–Crippen MR) is 99.1 cm³/mol. The van der Waals surface area contributed by atoms with Crippen LogP contribution in [0.25, 0.3) is 16.4 Å². The summed E-state index contributed by atoms with van der Waals surface area (Å²) in [5.74, 6) is -0.539. The third kappa shape index (κ3) is 3.33. The van der Waals surface area contributed by atoms with E-state index in [9.17, 15) is 14.4 Å². The molecule has 0 saturated heterocycles. The van der Waals surface area contributed by atoms with Gasteiger partial charge in [-0.25, -0.2) is 4.79 Å². The minimum absolute atomic E-state index is 0. The van der Waals surface area contributed by atoms with Crippen LogP contribution in [-0.4, -0.2) is 14.9 Å². The maximum atomic E-state index is 12.7. The summed E-state index contributed by atoms with van der Waals surface area (Å²) in [5.41, 5.74) is 1.11. The molecular weight excluding hydrogens is 443 g/mol. The van der Waals surface area contributed by atoms with Gasteiger partial charge in [0.15, 0.2) is 0 Å². The fourth-order valence-corrected chi connectivity index (χ4v) is 3.14. The van der Waals surface area contributed by atoms with Crippen molar-refractivity contribution in [1.29, 1.82) is 0 Å². The Bertz CT molecular complexity index is 1260. The average molecular weight is 456 g/mol. The Kier molecular flexibility index (Phi) is 5.51. The second-order valence-corrected chi connectivity index (χ2v) is 6.43. The second kappa shape index (κ2) is 7.54. The molecule has 1 amide bonds. The first-order valence-corrected chi connectivity index (χ1v) is 8.25. The summed E-state index contributed by atoms with van der Waals surface area (Å²) in [7, 11) is 1.61. The number of rotatable bonds is 3. The van der Waals surface area contributed by atoms with Crippen LogP contribution < -0.4 is 16.4 Å². The fourth-order valence-electron chi connectivity index (χ4n) is 3.02. The molecule has 2 aromatic carbocycles. The molecule has 4 rings (SSSR count). The summed E-state index contributed by atoms with van der Waals surface area (Å²) in [6.45, 7) is 0.244. The third-order valence-electron chi connectivity index (χ3n) is 4.40. The first-order chi connectivity index (χ1) is 12.5. The molecule has 6 nitrogen and oxygen atoms in total. The zero-order valence-electron chi connectivity index (χ0n) is 14.3. The summed E-state index contributed by atoms with van der Waals surface area (Å²) < 4.78 is 2.75. The molecule has 0 saturated carbocycles. The van der Waals surface area contributed by atoms with Crippen LogP contribution in [-0.2, 0) is 46.3 Å². The molecule has 0 fully saturated rings. The Labute approximate surface area is 184 Å². The summed E-state index contributed by atoms with van der Waals surface area (Å²) in [4.78, 5) is 37.7. The fraction of sp³-hybridized carbons (Fsp3) is 0.105. The average Bonchev–Trinajstić information content (AvgIpc) is 2.89. The number of imidazole rings is 1. The maximum absolute atomic E-state index is 12.7. The number of carbonyl (C=O) groups is 1. The zero-order valence-corrected chi connectivity index (χ0v) is 17.9. The molecule has 0 bridgehead atoms. The Morgan fingerprint density at radius 2 is 1.89 bits per heavy atom. The van der Waals surface area contributed by atoms with E-state index in [-0.39, 0.29) is 50.5 Å². The molecule has 2 heterocycles. The number of pyridine rings is 1. The molecule has 27 heavy (non-hydrogen) atoms. The van der Waals surface area contributed by atoms with E-state index >= 15 is 0 Å². The summed E-state index contributed by atoms with van der Waals surface area (Å²) in [5, 5.41) is 3.60. The first kappa shape index (κ1) is 19.7. The molecule has 0 aliphatic rings. The number of benzene rings is 2. The number of halogens is 1. The molecular formula is C19H13ClN3O3Y-. The van der Waals surface area contributed by atoms with Crippen LogP contribution in [0.1, 0.15) is 15.9 Å². The van der Waals surface area contributed by atoms with Crippen LogP contribution in [0.5, 0.6) is 0 Å². The van der Waals surface area contributed by atoms with E-state index in [1.807, 2.05) is 0 Å². The van der Waals surface area contributed by atoms with Crippen LogP contribution >= 0.6 is 11.6 Å². The van der Waals surface area contributed by atoms with Crippen molar-refractivity contribution in [2.75, 3.05) is 0 Å². The van der Waals surface area contributed by atoms with Gasteiger partial charge in [-0.1, -0.05) is 29.1 Å². The molecule has 2 aromatic heterocycles. The monoisotopic (exact) mass is 455 g/mol. The van der Waals surface area contributed by atoms with Crippen molar-refractivity contribution in [3.63, 3.8) is 0 Å². The van der Waals surface area contributed by atoms with E-state index in [2.05, 4.69) is 11.4 Å². The van der Waals surface area contributed by atoms with E-state index in [0.29, 0.717) is 21.4 Å². The number of hydrogen-bond donors (Lipinski definition) is 1. The minimum atomic E-state index is -0.539. The van der Waals surface area contributed by atoms with Gasteiger partial charge in [-0.3, -0.25) is 9.20 Å². The van der Waals surface area contributed by atoms with E-state index in [0.717, 1.165) is 5.56 Å². The van der Waals surface area contributed by atoms with Crippen molar-refractivity contribution in [3.05, 3.63) is 85.5 Å². The molecule has 0 aliphatic carbocycles. The third-order valence-corrected chi connectivity index (χ3v) is 4.65. The van der Waals surface area contributed by atoms with Crippen LogP contribution in [0.3, 0.4) is 0 Å². The number of amides is 1. The van der Waals surface area contributed by atoms with Crippen molar-refractivity contribution in [3.8, 4) is 0 Å². The van der Waals surface area contributed by atoms with Crippen LogP contribution in [0.4, 0.5) is 0 Å². The molecule has 0 atom stereocenters. The van der Waals surface area contributed by atoms with Crippen LogP contribution in [0.2, 0.25) is 5.02 Å². The van der Waals surface area contributed by atoms with Crippen molar-refractivity contribution in [2.45, 2.75) is 6.54 Å². The molecule has 4 aromatic rings. The topological polar surface area (TPSA) is 72.6 Å². The van der Waals surface area contributed by atoms with Crippen molar-refractivity contribution in [2.24, 2.45) is 7.05 Å². The van der Waals surface area contributed by atoms with E-state index in [1.54, 1.807) is 37.4 Å². The van der Waals surface area contributed by atoms with E-state index in [4.69, 9.17) is 11.6 Å². The Morgan fingerprint density at radius 3 is 2.59 bits per heavy atom. The van der Waals surface area contributed by atoms with Crippen LogP contribution in [0, 0.1) is 6.07 Å². The van der Waals surface area contributed by atoms with Crippen molar-refractivity contribution >= 4 is 33.9 Å². The molecule has 133 valence electrons. The van der Waals surface area contributed by atoms with E-state index in [1.165, 1.54) is 21.2 Å². The molecule has 0 aliphatic heterocycles. The van der Waals surface area contributed by atoms with Gasteiger partial charge in [0.1, 0.15) is 5.43 Å². The Hall–Kier alpha value is -2.02. The maximum Gasteiger partial charge on any atom is 0.320 e. The van der Waals surface area contributed by atoms with Gasteiger partial charge >= 0.3 is 5.69 Å². The quantitative estimate of drug-likeness (QED) is 0.480. The van der Waals surface area contributed by atoms with Gasteiger partial charge in [-0.2, -0.15) is 18.2 Å². The predicted octanol–water partition coefficient (Wildman–Crippen LogP) is 1.97. The standard InChI is InChI=1S/C19H13ClN3O3.Y/c1-22-15-4-2-3-13-16(15)23(19(22)26)10-14(17(13)24)18(25)21-9-11-5-7-12(20)8-6-11;/h3-8,10H,9H2,1H3,(H,21,25);/q-1;.